The molecule has 0 radical (unpaired) electrons. The van der Waals surface area contributed by atoms with Crippen LogP contribution in [0.25, 0.3) is 11.5 Å². The van der Waals surface area contributed by atoms with E-state index in [1.807, 2.05) is 24.3 Å². The second-order valence-electron chi connectivity index (χ2n) is 5.48. The summed E-state index contributed by atoms with van der Waals surface area (Å²) in [5, 5.41) is 13.6. The molecule has 1 aliphatic carbocycles. The molecule has 122 valence electrons. The van der Waals surface area contributed by atoms with Crippen LogP contribution < -0.4 is 5.32 Å². The number of nitrogens with zero attached hydrogens (tertiary/aromatic N) is 5. The van der Waals surface area contributed by atoms with Gasteiger partial charge in [-0.1, -0.05) is 24.3 Å². The number of anilines is 1. The summed E-state index contributed by atoms with van der Waals surface area (Å²) in [6.07, 6.45) is 5.05. The predicted molar refractivity (Wildman–Crippen MR) is 95.3 cm³/mol. The van der Waals surface area contributed by atoms with Crippen LogP contribution in [0.4, 0.5) is 5.13 Å². The lowest BCUT2D eigenvalue weighted by Gasteiger charge is -2.05. The number of hydrogen-bond donors (Lipinski definition) is 1. The molecule has 0 spiro atoms. The fourth-order valence-corrected chi connectivity index (χ4v) is 3.92. The third kappa shape index (κ3) is 3.70. The van der Waals surface area contributed by atoms with Crippen LogP contribution in [0.2, 0.25) is 0 Å². The van der Waals surface area contributed by atoms with Gasteiger partial charge in [0.25, 0.3) is 0 Å². The molecule has 1 saturated carbocycles. The molecule has 3 heterocycles. The Morgan fingerprint density at radius 3 is 2.92 bits per heavy atom. The highest BCUT2D eigenvalue weighted by molar-refractivity contribution is 8.01. The normalized spacial score (nSPS) is 13.9. The molecule has 1 aliphatic rings. The monoisotopic (exact) mass is 356 g/mol. The number of nitrogens with one attached hydrogen (secondary N) is 1. The summed E-state index contributed by atoms with van der Waals surface area (Å²) < 4.78 is 0.880. The molecule has 3 aromatic heterocycles. The van der Waals surface area contributed by atoms with Gasteiger partial charge in [-0.15, -0.1) is 10.2 Å². The van der Waals surface area contributed by atoms with Crippen LogP contribution >= 0.6 is 23.1 Å². The van der Waals surface area contributed by atoms with Gasteiger partial charge in [0.15, 0.2) is 10.2 Å². The minimum atomic E-state index is 0.581. The van der Waals surface area contributed by atoms with Crippen molar-refractivity contribution < 1.29 is 0 Å². The van der Waals surface area contributed by atoms with E-state index in [1.54, 1.807) is 17.5 Å². The minimum Gasteiger partial charge on any atom is -0.357 e. The van der Waals surface area contributed by atoms with E-state index in [-0.39, 0.29) is 0 Å². The molecule has 4 rings (SSSR count). The Bertz CT molecular complexity index is 832. The quantitative estimate of drug-likeness (QED) is 0.675. The van der Waals surface area contributed by atoms with E-state index in [1.165, 1.54) is 24.6 Å². The fraction of sp³-hybridized carbons (Fsp3) is 0.312. The smallest absolute Gasteiger partial charge is 0.206 e. The van der Waals surface area contributed by atoms with E-state index in [0.29, 0.717) is 11.9 Å². The number of aromatic nitrogens is 5. The molecule has 0 unspecified atom stereocenters. The van der Waals surface area contributed by atoms with E-state index in [2.05, 4.69) is 37.4 Å². The van der Waals surface area contributed by atoms with Gasteiger partial charge in [0.2, 0.25) is 5.13 Å². The number of aryl methyl sites for hydroxylation is 1. The molecule has 8 heteroatoms. The van der Waals surface area contributed by atoms with Crippen molar-refractivity contribution in [1.29, 1.82) is 0 Å². The van der Waals surface area contributed by atoms with Crippen molar-refractivity contribution in [2.75, 3.05) is 5.32 Å². The molecule has 0 amide bonds. The van der Waals surface area contributed by atoms with Crippen molar-refractivity contribution in [1.82, 2.24) is 25.1 Å². The van der Waals surface area contributed by atoms with E-state index < -0.39 is 0 Å². The van der Waals surface area contributed by atoms with Crippen molar-refractivity contribution >= 4 is 28.2 Å². The highest BCUT2D eigenvalue weighted by Gasteiger charge is 2.22. The average molecular weight is 356 g/mol. The Balaban J connectivity index is 1.58. The minimum absolute atomic E-state index is 0.581. The summed E-state index contributed by atoms with van der Waals surface area (Å²) in [4.78, 5) is 13.6. The third-order valence-electron chi connectivity index (χ3n) is 3.52. The van der Waals surface area contributed by atoms with Crippen LogP contribution in [0.15, 0.2) is 39.8 Å². The topological polar surface area (TPSA) is 76.5 Å². The molecule has 0 atom stereocenters. The Morgan fingerprint density at radius 2 is 2.17 bits per heavy atom. The van der Waals surface area contributed by atoms with Gasteiger partial charge in [-0.2, -0.15) is 0 Å². The summed E-state index contributed by atoms with van der Waals surface area (Å²) in [7, 11) is 0. The lowest BCUT2D eigenvalue weighted by atomic mass is 10.3. The zero-order valence-electron chi connectivity index (χ0n) is 13.1. The molecular formula is C16H16N6S2. The molecule has 0 aliphatic heterocycles. The van der Waals surface area contributed by atoms with E-state index in [0.717, 1.165) is 32.3 Å². The first-order chi connectivity index (χ1) is 11.8. The van der Waals surface area contributed by atoms with Gasteiger partial charge in [-0.05, 0) is 49.2 Å². The van der Waals surface area contributed by atoms with Gasteiger partial charge in [-0.3, -0.25) is 4.98 Å². The zero-order valence-corrected chi connectivity index (χ0v) is 14.8. The summed E-state index contributed by atoms with van der Waals surface area (Å²) in [5.74, 6) is 0.651. The van der Waals surface area contributed by atoms with Crippen LogP contribution in [-0.2, 0) is 6.42 Å². The summed E-state index contributed by atoms with van der Waals surface area (Å²) in [6, 6.07) is 8.34. The largest absolute Gasteiger partial charge is 0.357 e. The molecule has 0 saturated heterocycles. The van der Waals surface area contributed by atoms with Gasteiger partial charge in [-0.25, -0.2) is 9.97 Å². The summed E-state index contributed by atoms with van der Waals surface area (Å²) >= 11 is 3.09. The molecular weight excluding hydrogens is 340 g/mol. The maximum atomic E-state index is 4.64. The van der Waals surface area contributed by atoms with Gasteiger partial charge in [0, 0.05) is 17.9 Å². The van der Waals surface area contributed by atoms with Crippen LogP contribution in [0.5, 0.6) is 0 Å². The number of hydrogen-bond acceptors (Lipinski definition) is 8. The molecule has 0 aromatic carbocycles. The lowest BCUT2D eigenvalue weighted by molar-refractivity contribution is 0.943. The number of pyridine rings is 1. The van der Waals surface area contributed by atoms with Crippen LogP contribution in [-0.4, -0.2) is 31.2 Å². The highest BCUT2D eigenvalue weighted by atomic mass is 32.2. The van der Waals surface area contributed by atoms with Crippen LogP contribution in [0.3, 0.4) is 0 Å². The molecule has 1 fully saturated rings. The van der Waals surface area contributed by atoms with Crippen LogP contribution in [0, 0.1) is 0 Å². The summed E-state index contributed by atoms with van der Waals surface area (Å²) in [5.41, 5.74) is 1.78. The van der Waals surface area contributed by atoms with Crippen LogP contribution in [0.1, 0.15) is 25.5 Å². The van der Waals surface area contributed by atoms with Gasteiger partial charge in [0.05, 0.1) is 0 Å². The Morgan fingerprint density at radius 1 is 1.25 bits per heavy atom. The van der Waals surface area contributed by atoms with Crippen molar-refractivity contribution in [3.63, 3.8) is 0 Å². The van der Waals surface area contributed by atoms with Crippen molar-refractivity contribution in [2.24, 2.45) is 0 Å². The second-order valence-corrected chi connectivity index (χ2v) is 7.73. The first kappa shape index (κ1) is 15.5. The van der Waals surface area contributed by atoms with Crippen molar-refractivity contribution in [3.05, 3.63) is 36.2 Å². The molecule has 24 heavy (non-hydrogen) atoms. The van der Waals surface area contributed by atoms with E-state index in [4.69, 9.17) is 0 Å². The predicted octanol–water partition coefficient (Wildman–Crippen LogP) is 3.68. The van der Waals surface area contributed by atoms with Crippen molar-refractivity contribution in [3.8, 4) is 11.5 Å². The number of rotatable bonds is 6. The maximum absolute atomic E-state index is 4.64. The SMILES string of the molecule is CCc1cc(Sc2nnc(NC3CC3)s2)nc(-c2ccccn2)n1. The van der Waals surface area contributed by atoms with E-state index >= 15 is 0 Å². The zero-order chi connectivity index (χ0) is 16.4. The Labute approximate surface area is 148 Å². The molecule has 1 N–H and O–H groups in total. The van der Waals surface area contributed by atoms with E-state index in [9.17, 15) is 0 Å². The van der Waals surface area contributed by atoms with Gasteiger partial charge < -0.3 is 5.32 Å². The third-order valence-corrected chi connectivity index (χ3v) is 5.34. The molecule has 3 aromatic rings. The summed E-state index contributed by atoms with van der Waals surface area (Å²) in [6.45, 7) is 2.08. The molecule has 6 nitrogen and oxygen atoms in total. The van der Waals surface area contributed by atoms with Gasteiger partial charge in [0.1, 0.15) is 10.7 Å². The lowest BCUT2D eigenvalue weighted by Crippen LogP contribution is -1.99. The standard InChI is InChI=1S/C16H16N6S2/c1-2-10-9-13(20-14(18-10)12-5-3-4-8-17-12)23-16-22-21-15(24-16)19-11-6-7-11/h3-5,8-9,11H,2,6-7H2,1H3,(H,19,21). The first-order valence-corrected chi connectivity index (χ1v) is 9.50. The van der Waals surface area contributed by atoms with Crippen molar-refractivity contribution in [2.45, 2.75) is 41.6 Å². The second kappa shape index (κ2) is 6.82. The first-order valence-electron chi connectivity index (χ1n) is 7.87. The Hall–Kier alpha value is -2.06. The highest BCUT2D eigenvalue weighted by Crippen LogP contribution is 2.34. The molecule has 0 bridgehead atoms. The maximum Gasteiger partial charge on any atom is 0.206 e. The average Bonchev–Trinajstić information content (AvgIpc) is 3.33. The van der Waals surface area contributed by atoms with Gasteiger partial charge >= 0.3 is 0 Å². The fourth-order valence-electron chi connectivity index (χ4n) is 2.12. The Kier molecular flexibility index (Phi) is 4.40.